The average molecular weight is 388 g/mol. The molecule has 3 rings (SSSR count). The Kier molecular flexibility index (Phi) is 5.73. The number of nitrogens with one attached hydrogen (secondary N) is 1. The smallest absolute Gasteiger partial charge is 0.433 e. The fourth-order valence-corrected chi connectivity index (χ4v) is 2.90. The summed E-state index contributed by atoms with van der Waals surface area (Å²) in [6.45, 7) is -0.920. The fourth-order valence-electron chi connectivity index (χ4n) is 2.90. The molecule has 27 heavy (non-hydrogen) atoms. The van der Waals surface area contributed by atoms with Gasteiger partial charge in [0.25, 0.3) is 0 Å². The Balaban J connectivity index is 1.53. The van der Waals surface area contributed by atoms with E-state index in [9.17, 15) is 22.0 Å². The van der Waals surface area contributed by atoms with Gasteiger partial charge in [-0.15, -0.1) is 0 Å². The van der Waals surface area contributed by atoms with Crippen LogP contribution < -0.4 is 10.1 Å². The first kappa shape index (κ1) is 19.3. The van der Waals surface area contributed by atoms with Crippen LogP contribution in [0.1, 0.15) is 17.7 Å². The second-order valence-electron chi connectivity index (χ2n) is 6.15. The Hall–Kier alpha value is -2.49. The Bertz CT molecular complexity index is 754. The number of benzene rings is 1. The first-order valence-corrected chi connectivity index (χ1v) is 8.22. The highest BCUT2D eigenvalue weighted by Gasteiger charge is 2.33. The van der Waals surface area contributed by atoms with Crippen LogP contribution in [0.25, 0.3) is 0 Å². The standard InChI is InChI=1S/C17H17F5N4O/c18-15(19)27-13-3-1-11(2-4-13)9-26-8-6-12(10-26)24-16-23-7-5-14(25-16)17(20,21)22/h1-5,7,12,15H,6,8-10H2,(H,23,24,25). The molecule has 146 valence electrons. The number of hydrogen-bond donors (Lipinski definition) is 1. The molecule has 1 aliphatic rings. The van der Waals surface area contributed by atoms with Crippen LogP contribution in [-0.4, -0.2) is 40.6 Å². The minimum atomic E-state index is -4.51. The van der Waals surface area contributed by atoms with Gasteiger partial charge in [0.1, 0.15) is 11.4 Å². The highest BCUT2D eigenvalue weighted by Crippen LogP contribution is 2.28. The second kappa shape index (κ2) is 8.03. The molecule has 1 fully saturated rings. The number of alkyl halides is 5. The predicted octanol–water partition coefficient (Wildman–Crippen LogP) is 3.78. The van der Waals surface area contributed by atoms with Crippen LogP contribution in [0.5, 0.6) is 5.75 Å². The van der Waals surface area contributed by atoms with Crippen molar-refractivity contribution in [1.29, 1.82) is 0 Å². The Labute approximate surface area is 152 Å². The summed E-state index contributed by atoms with van der Waals surface area (Å²) in [7, 11) is 0. The maximum atomic E-state index is 12.7. The molecule has 1 unspecified atom stereocenters. The van der Waals surface area contributed by atoms with Crippen molar-refractivity contribution in [2.45, 2.75) is 31.8 Å². The lowest BCUT2D eigenvalue weighted by atomic mass is 10.2. The van der Waals surface area contributed by atoms with Crippen molar-refractivity contribution in [3.8, 4) is 5.75 Å². The van der Waals surface area contributed by atoms with Crippen molar-refractivity contribution in [3.63, 3.8) is 0 Å². The Morgan fingerprint density at radius 1 is 1.19 bits per heavy atom. The molecule has 10 heteroatoms. The molecule has 1 saturated heterocycles. The molecule has 0 radical (unpaired) electrons. The van der Waals surface area contributed by atoms with Gasteiger partial charge in [0, 0.05) is 31.9 Å². The third-order valence-corrected chi connectivity index (χ3v) is 4.11. The molecule has 1 atom stereocenters. The quantitative estimate of drug-likeness (QED) is 0.764. The Morgan fingerprint density at radius 3 is 2.59 bits per heavy atom. The minimum absolute atomic E-state index is 0.0508. The molecule has 2 heterocycles. The first-order chi connectivity index (χ1) is 12.8. The van der Waals surface area contributed by atoms with E-state index in [-0.39, 0.29) is 17.7 Å². The molecule has 0 aliphatic carbocycles. The van der Waals surface area contributed by atoms with Gasteiger partial charge in [-0.1, -0.05) is 12.1 Å². The number of aromatic nitrogens is 2. The van der Waals surface area contributed by atoms with E-state index in [4.69, 9.17) is 0 Å². The molecule has 1 aromatic carbocycles. The van der Waals surface area contributed by atoms with E-state index >= 15 is 0 Å². The average Bonchev–Trinajstić information content (AvgIpc) is 3.02. The summed E-state index contributed by atoms with van der Waals surface area (Å²) in [5, 5.41) is 2.93. The zero-order chi connectivity index (χ0) is 19.4. The van der Waals surface area contributed by atoms with Crippen LogP contribution in [0.15, 0.2) is 36.5 Å². The molecule has 0 saturated carbocycles. The van der Waals surface area contributed by atoms with Gasteiger partial charge >= 0.3 is 12.8 Å². The van der Waals surface area contributed by atoms with Gasteiger partial charge in [-0.3, -0.25) is 4.90 Å². The lowest BCUT2D eigenvalue weighted by molar-refractivity contribution is -0.141. The van der Waals surface area contributed by atoms with Gasteiger partial charge in [-0.2, -0.15) is 22.0 Å². The number of halogens is 5. The van der Waals surface area contributed by atoms with Crippen LogP contribution in [0, 0.1) is 0 Å². The van der Waals surface area contributed by atoms with E-state index in [0.717, 1.165) is 30.8 Å². The summed E-state index contributed by atoms with van der Waals surface area (Å²) in [5.41, 5.74) is -0.0615. The lowest BCUT2D eigenvalue weighted by Gasteiger charge is -2.17. The number of likely N-dealkylation sites (tertiary alicyclic amines) is 1. The van der Waals surface area contributed by atoms with Crippen molar-refractivity contribution in [3.05, 3.63) is 47.8 Å². The topological polar surface area (TPSA) is 50.3 Å². The normalized spacial score (nSPS) is 18.1. The Morgan fingerprint density at radius 2 is 1.93 bits per heavy atom. The monoisotopic (exact) mass is 388 g/mol. The van der Waals surface area contributed by atoms with Gasteiger partial charge in [-0.25, -0.2) is 9.97 Å². The van der Waals surface area contributed by atoms with Gasteiger partial charge in [0.2, 0.25) is 5.95 Å². The van der Waals surface area contributed by atoms with Crippen LogP contribution in [0.4, 0.5) is 27.9 Å². The molecule has 1 aliphatic heterocycles. The van der Waals surface area contributed by atoms with Crippen LogP contribution in [-0.2, 0) is 12.7 Å². The number of hydrogen-bond acceptors (Lipinski definition) is 5. The zero-order valence-electron chi connectivity index (χ0n) is 14.1. The number of rotatable bonds is 6. The van der Waals surface area contributed by atoms with Crippen molar-refractivity contribution < 1.29 is 26.7 Å². The van der Waals surface area contributed by atoms with Crippen molar-refractivity contribution in [1.82, 2.24) is 14.9 Å². The maximum Gasteiger partial charge on any atom is 0.433 e. The molecule has 1 N–H and O–H groups in total. The van der Waals surface area contributed by atoms with Crippen molar-refractivity contribution in [2.75, 3.05) is 18.4 Å². The van der Waals surface area contributed by atoms with Crippen LogP contribution in [0.2, 0.25) is 0 Å². The zero-order valence-corrected chi connectivity index (χ0v) is 14.1. The first-order valence-electron chi connectivity index (χ1n) is 8.22. The van der Waals surface area contributed by atoms with E-state index in [1.54, 1.807) is 12.1 Å². The number of ether oxygens (including phenoxy) is 1. The molecular weight excluding hydrogens is 371 g/mol. The lowest BCUT2D eigenvalue weighted by Crippen LogP contribution is -2.27. The van der Waals surface area contributed by atoms with Crippen molar-refractivity contribution in [2.24, 2.45) is 0 Å². The van der Waals surface area contributed by atoms with E-state index in [0.29, 0.717) is 13.1 Å². The van der Waals surface area contributed by atoms with Gasteiger partial charge < -0.3 is 10.1 Å². The fraction of sp³-hybridized carbons (Fsp3) is 0.412. The summed E-state index contributed by atoms with van der Waals surface area (Å²) in [4.78, 5) is 9.46. The molecule has 0 bridgehead atoms. The van der Waals surface area contributed by atoms with E-state index < -0.39 is 18.5 Å². The summed E-state index contributed by atoms with van der Waals surface area (Å²) in [6, 6.07) is 7.11. The second-order valence-corrected chi connectivity index (χ2v) is 6.15. The maximum absolute atomic E-state index is 12.7. The highest BCUT2D eigenvalue weighted by molar-refractivity contribution is 5.29. The molecular formula is C17H17F5N4O. The molecule has 2 aromatic rings. The van der Waals surface area contributed by atoms with E-state index in [1.807, 2.05) is 0 Å². The number of anilines is 1. The molecule has 0 amide bonds. The van der Waals surface area contributed by atoms with Gasteiger partial charge in [0.05, 0.1) is 0 Å². The predicted molar refractivity (Wildman–Crippen MR) is 87.4 cm³/mol. The summed E-state index contributed by atoms with van der Waals surface area (Å²) < 4.78 is 66.7. The van der Waals surface area contributed by atoms with E-state index in [2.05, 4.69) is 24.9 Å². The van der Waals surface area contributed by atoms with Gasteiger partial charge in [-0.05, 0) is 30.2 Å². The van der Waals surface area contributed by atoms with Gasteiger partial charge in [0.15, 0.2) is 0 Å². The molecule has 5 nitrogen and oxygen atoms in total. The van der Waals surface area contributed by atoms with Crippen LogP contribution >= 0.6 is 0 Å². The number of nitrogens with zero attached hydrogens (tertiary/aromatic N) is 3. The molecule has 1 aromatic heterocycles. The molecule has 0 spiro atoms. The van der Waals surface area contributed by atoms with Crippen molar-refractivity contribution >= 4 is 5.95 Å². The highest BCUT2D eigenvalue weighted by atomic mass is 19.4. The summed E-state index contributed by atoms with van der Waals surface area (Å²) in [5.74, 6) is 0.0431. The summed E-state index contributed by atoms with van der Waals surface area (Å²) in [6.07, 6.45) is -2.71. The minimum Gasteiger partial charge on any atom is -0.435 e. The van der Waals surface area contributed by atoms with Crippen LogP contribution in [0.3, 0.4) is 0 Å². The SMILES string of the molecule is FC(F)Oc1ccc(CN2CCC(Nc3nccc(C(F)(F)F)n3)C2)cc1. The largest absolute Gasteiger partial charge is 0.435 e. The third kappa shape index (κ3) is 5.49. The third-order valence-electron chi connectivity index (χ3n) is 4.11. The van der Waals surface area contributed by atoms with E-state index in [1.165, 1.54) is 12.1 Å². The summed E-state index contributed by atoms with van der Waals surface area (Å²) >= 11 is 0.